The normalized spacial score (nSPS) is 15.7. The van der Waals surface area contributed by atoms with Gasteiger partial charge in [0, 0.05) is 17.1 Å². The first-order valence-electron chi connectivity index (χ1n) is 9.94. The van der Waals surface area contributed by atoms with Crippen LogP contribution in [0.25, 0.3) is 11.8 Å². The lowest BCUT2D eigenvalue weighted by Crippen LogP contribution is -2.53. The smallest absolute Gasteiger partial charge is 0.266 e. The SMILES string of the molecule is Cc1cccc(-n2c(C)cc(C=C3C(=O)NC(=S)N(Cc4ccco4)C3=O)c2C)c1C. The van der Waals surface area contributed by atoms with E-state index in [-0.39, 0.29) is 17.2 Å². The van der Waals surface area contributed by atoms with Crippen LogP contribution < -0.4 is 5.32 Å². The highest BCUT2D eigenvalue weighted by Gasteiger charge is 2.34. The van der Waals surface area contributed by atoms with Crippen LogP contribution in [0.2, 0.25) is 0 Å². The van der Waals surface area contributed by atoms with Gasteiger partial charge >= 0.3 is 0 Å². The van der Waals surface area contributed by atoms with Crippen LogP contribution in [-0.2, 0) is 16.1 Å². The van der Waals surface area contributed by atoms with Crippen LogP contribution in [0, 0.1) is 27.7 Å². The number of amides is 2. The molecule has 3 heterocycles. The summed E-state index contributed by atoms with van der Waals surface area (Å²) < 4.78 is 7.48. The third-order valence-corrected chi connectivity index (χ3v) is 5.99. The molecule has 31 heavy (non-hydrogen) atoms. The van der Waals surface area contributed by atoms with Crippen molar-refractivity contribution in [1.29, 1.82) is 0 Å². The summed E-state index contributed by atoms with van der Waals surface area (Å²) in [7, 11) is 0. The van der Waals surface area contributed by atoms with E-state index in [1.54, 1.807) is 18.2 Å². The topological polar surface area (TPSA) is 67.5 Å². The molecule has 6 nitrogen and oxygen atoms in total. The van der Waals surface area contributed by atoms with Crippen molar-refractivity contribution in [3.8, 4) is 5.69 Å². The van der Waals surface area contributed by atoms with Gasteiger partial charge < -0.3 is 8.98 Å². The Morgan fingerprint density at radius 3 is 2.58 bits per heavy atom. The fourth-order valence-corrected chi connectivity index (χ4v) is 4.07. The predicted molar refractivity (Wildman–Crippen MR) is 123 cm³/mol. The molecule has 1 N–H and O–H groups in total. The average Bonchev–Trinajstić information content (AvgIpc) is 3.33. The molecule has 0 unspecified atom stereocenters. The molecule has 0 spiro atoms. The Hall–Kier alpha value is -3.45. The van der Waals surface area contributed by atoms with Crippen molar-refractivity contribution >= 4 is 35.2 Å². The van der Waals surface area contributed by atoms with Gasteiger partial charge in [0.05, 0.1) is 12.8 Å². The molecule has 1 saturated heterocycles. The summed E-state index contributed by atoms with van der Waals surface area (Å²) >= 11 is 5.21. The third-order valence-electron chi connectivity index (χ3n) is 5.67. The zero-order chi connectivity index (χ0) is 22.3. The molecule has 0 saturated carbocycles. The Morgan fingerprint density at radius 2 is 1.87 bits per heavy atom. The van der Waals surface area contributed by atoms with Crippen molar-refractivity contribution in [1.82, 2.24) is 14.8 Å². The van der Waals surface area contributed by atoms with Crippen LogP contribution in [0.15, 0.2) is 52.7 Å². The Bertz CT molecular complexity index is 1240. The Kier molecular flexibility index (Phi) is 5.37. The zero-order valence-electron chi connectivity index (χ0n) is 17.9. The van der Waals surface area contributed by atoms with Gasteiger partial charge in [-0.15, -0.1) is 0 Å². The van der Waals surface area contributed by atoms with Crippen LogP contribution in [0.3, 0.4) is 0 Å². The van der Waals surface area contributed by atoms with Gasteiger partial charge in [-0.3, -0.25) is 19.8 Å². The van der Waals surface area contributed by atoms with Gasteiger partial charge in [0.2, 0.25) is 0 Å². The molecule has 0 aliphatic carbocycles. The summed E-state index contributed by atoms with van der Waals surface area (Å²) in [5, 5.41) is 2.69. The zero-order valence-corrected chi connectivity index (χ0v) is 18.7. The van der Waals surface area contributed by atoms with Crippen molar-refractivity contribution in [3.63, 3.8) is 0 Å². The maximum Gasteiger partial charge on any atom is 0.266 e. The van der Waals surface area contributed by atoms with Crippen molar-refractivity contribution < 1.29 is 14.0 Å². The van der Waals surface area contributed by atoms with Gasteiger partial charge in [-0.05, 0) is 86.9 Å². The molecule has 2 aromatic heterocycles. The number of carbonyl (C=O) groups is 2. The first kappa shape index (κ1) is 20.8. The average molecular weight is 434 g/mol. The number of aryl methyl sites for hydroxylation is 2. The standard InChI is InChI=1S/C24H23N3O3S/c1-14-7-5-9-21(16(14)3)27-15(2)11-18(17(27)4)12-20-22(28)25-24(31)26(23(20)29)13-19-8-6-10-30-19/h5-12H,13H2,1-4H3,(H,25,28,31). The number of hydrogen-bond donors (Lipinski definition) is 1. The number of benzene rings is 1. The predicted octanol–water partition coefficient (Wildman–Crippen LogP) is 4.13. The van der Waals surface area contributed by atoms with E-state index >= 15 is 0 Å². The molecule has 1 fully saturated rings. The van der Waals surface area contributed by atoms with E-state index in [0.717, 1.165) is 22.6 Å². The minimum absolute atomic E-state index is 0.0429. The molecule has 0 atom stereocenters. The lowest BCUT2D eigenvalue weighted by atomic mass is 10.1. The largest absolute Gasteiger partial charge is 0.467 e. The van der Waals surface area contributed by atoms with E-state index in [2.05, 4.69) is 35.9 Å². The first-order valence-corrected chi connectivity index (χ1v) is 10.4. The van der Waals surface area contributed by atoms with Crippen molar-refractivity contribution in [2.24, 2.45) is 0 Å². The van der Waals surface area contributed by atoms with Gasteiger partial charge in [-0.25, -0.2) is 0 Å². The van der Waals surface area contributed by atoms with E-state index in [9.17, 15) is 9.59 Å². The van der Waals surface area contributed by atoms with E-state index < -0.39 is 11.8 Å². The Labute approximate surface area is 186 Å². The highest BCUT2D eigenvalue weighted by molar-refractivity contribution is 7.80. The summed E-state index contributed by atoms with van der Waals surface area (Å²) in [6.45, 7) is 8.32. The lowest BCUT2D eigenvalue weighted by molar-refractivity contribution is -0.129. The van der Waals surface area contributed by atoms with Crippen molar-refractivity contribution in [2.75, 3.05) is 0 Å². The molecule has 7 heteroatoms. The molecule has 3 aromatic rings. The molecule has 0 radical (unpaired) electrons. The number of rotatable bonds is 4. The number of nitrogens with zero attached hydrogens (tertiary/aromatic N) is 2. The van der Waals surface area contributed by atoms with Gasteiger partial charge in [-0.1, -0.05) is 12.1 Å². The van der Waals surface area contributed by atoms with Crippen LogP contribution in [-0.4, -0.2) is 26.4 Å². The quantitative estimate of drug-likeness (QED) is 0.382. The summed E-state index contributed by atoms with van der Waals surface area (Å²) in [5.41, 5.74) is 6.29. The minimum atomic E-state index is -0.498. The highest BCUT2D eigenvalue weighted by Crippen LogP contribution is 2.27. The molecular weight excluding hydrogens is 410 g/mol. The van der Waals surface area contributed by atoms with Crippen molar-refractivity contribution in [3.05, 3.63) is 82.1 Å². The maximum atomic E-state index is 13.1. The number of hydrogen-bond acceptors (Lipinski definition) is 4. The number of furan rings is 1. The highest BCUT2D eigenvalue weighted by atomic mass is 32.1. The lowest BCUT2D eigenvalue weighted by Gasteiger charge is -2.28. The molecule has 4 rings (SSSR count). The summed E-state index contributed by atoms with van der Waals surface area (Å²) in [6.07, 6.45) is 3.17. The molecule has 158 valence electrons. The number of aromatic nitrogens is 1. The molecular formula is C24H23N3O3S. The van der Waals surface area contributed by atoms with E-state index in [0.29, 0.717) is 5.76 Å². The number of carbonyl (C=O) groups excluding carboxylic acids is 2. The number of thiocarbonyl (C=S) groups is 1. The van der Waals surface area contributed by atoms with E-state index in [4.69, 9.17) is 16.6 Å². The van der Waals surface area contributed by atoms with Crippen LogP contribution in [0.1, 0.15) is 33.8 Å². The molecule has 2 amide bonds. The second-order valence-corrected chi connectivity index (χ2v) is 8.06. The molecule has 1 aliphatic heterocycles. The summed E-state index contributed by atoms with van der Waals surface area (Å²) in [5.74, 6) is -0.358. The molecule has 1 aromatic carbocycles. The second-order valence-electron chi connectivity index (χ2n) is 7.67. The fraction of sp³-hybridized carbons (Fsp3) is 0.208. The van der Waals surface area contributed by atoms with Crippen LogP contribution in [0.4, 0.5) is 0 Å². The second kappa shape index (κ2) is 8.00. The van der Waals surface area contributed by atoms with E-state index in [1.807, 2.05) is 26.0 Å². The van der Waals surface area contributed by atoms with Crippen molar-refractivity contribution in [2.45, 2.75) is 34.2 Å². The third kappa shape index (κ3) is 3.72. The summed E-state index contributed by atoms with van der Waals surface area (Å²) in [6, 6.07) is 11.7. The maximum absolute atomic E-state index is 13.1. The fourth-order valence-electron chi connectivity index (χ4n) is 3.83. The van der Waals surface area contributed by atoms with Gasteiger partial charge in [0.25, 0.3) is 11.8 Å². The molecule has 0 bridgehead atoms. The van der Waals surface area contributed by atoms with Gasteiger partial charge in [-0.2, -0.15) is 0 Å². The first-order chi connectivity index (χ1) is 14.8. The summed E-state index contributed by atoms with van der Waals surface area (Å²) in [4.78, 5) is 27.0. The van der Waals surface area contributed by atoms with Gasteiger partial charge in [0.1, 0.15) is 11.3 Å². The number of nitrogens with one attached hydrogen (secondary N) is 1. The van der Waals surface area contributed by atoms with E-state index in [1.165, 1.54) is 22.3 Å². The minimum Gasteiger partial charge on any atom is -0.467 e. The van der Waals surface area contributed by atoms with Crippen LogP contribution >= 0.6 is 12.2 Å². The van der Waals surface area contributed by atoms with Crippen LogP contribution in [0.5, 0.6) is 0 Å². The Morgan fingerprint density at radius 1 is 1.10 bits per heavy atom. The van der Waals surface area contributed by atoms with Gasteiger partial charge in [0.15, 0.2) is 5.11 Å². The Balaban J connectivity index is 1.74. The monoisotopic (exact) mass is 433 g/mol. The molecule has 1 aliphatic rings.